The Labute approximate surface area is 120 Å². The third-order valence-corrected chi connectivity index (χ3v) is 2.37. The molecule has 0 aromatic heterocycles. The van der Waals surface area contributed by atoms with Gasteiger partial charge in [-0.25, -0.2) is 0 Å². The molecule has 0 aromatic carbocycles. The minimum atomic E-state index is 0. The standard InChI is InChI=1S/2C4H9O.3O.2Sn/c2*1-2-3-4-5;;;;;/h2*2-4H2,1H3;;;;;/q2*-1;3*-2;2*+4. The van der Waals surface area contributed by atoms with Crippen LogP contribution in [0.15, 0.2) is 0 Å². The first kappa shape index (κ1) is 29.9. The Bertz CT molecular complexity index is 53.0. The number of unbranched alkanes of at least 4 members (excludes halogenated alkanes) is 2. The summed E-state index contributed by atoms with van der Waals surface area (Å²) in [6.45, 7) is 6.23. The van der Waals surface area contributed by atoms with E-state index in [2.05, 4.69) is 13.8 Å². The average Bonchev–Trinajstić information content (AvgIpc) is 2.12. The van der Waals surface area contributed by atoms with Crippen molar-refractivity contribution < 1.29 is 22.6 Å². The van der Waals surface area contributed by atoms with Gasteiger partial charge in [-0.1, -0.05) is 0 Å². The molecule has 0 aliphatic carbocycles. The zero-order valence-electron chi connectivity index (χ0n) is 9.28. The van der Waals surface area contributed by atoms with Crippen LogP contribution in [0.3, 0.4) is 0 Å². The molecule has 0 aliphatic heterocycles. The van der Waals surface area contributed by atoms with Crippen molar-refractivity contribution in [2.24, 2.45) is 0 Å². The second-order valence-electron chi connectivity index (χ2n) is 2.40. The molecule has 0 saturated carbocycles. The van der Waals surface area contributed by atoms with Gasteiger partial charge in [0.05, 0.1) is 0 Å². The molecule has 0 bridgehead atoms. The van der Waals surface area contributed by atoms with Crippen molar-refractivity contribution in [1.82, 2.24) is 0 Å². The van der Waals surface area contributed by atoms with E-state index in [0.29, 0.717) is 0 Å². The van der Waals surface area contributed by atoms with Gasteiger partial charge in [-0.3, -0.25) is 0 Å². The smallest absolute Gasteiger partial charge is 2.00 e. The summed E-state index contributed by atoms with van der Waals surface area (Å²) in [5.74, 6) is 0. The molecule has 88 valence electrons. The van der Waals surface area contributed by atoms with Crippen LogP contribution in [0.1, 0.15) is 39.5 Å². The van der Waals surface area contributed by atoms with Crippen molar-refractivity contribution in [3.63, 3.8) is 0 Å². The van der Waals surface area contributed by atoms with Crippen molar-refractivity contribution in [3.8, 4) is 0 Å². The summed E-state index contributed by atoms with van der Waals surface area (Å²) >= 11 is 2.39. The zero-order chi connectivity index (χ0) is 9.66. The summed E-state index contributed by atoms with van der Waals surface area (Å²) in [4.78, 5) is 0. The number of hydrogen-bond donors (Lipinski definition) is 0. The van der Waals surface area contributed by atoms with Crippen LogP contribution in [0.5, 0.6) is 0 Å². The predicted octanol–water partition coefficient (Wildman–Crippen LogP) is 1.42. The molecule has 15 heavy (non-hydrogen) atoms. The molecule has 7 heteroatoms. The fourth-order valence-corrected chi connectivity index (χ4v) is 1.26. The minimum absolute atomic E-state index is 0. The minimum Gasteiger partial charge on any atom is -2.00 e. The number of rotatable bonds is 6. The monoisotopic (exact) mass is 434 g/mol. The second kappa shape index (κ2) is 36.1. The van der Waals surface area contributed by atoms with Crippen molar-refractivity contribution in [1.29, 1.82) is 0 Å². The molecule has 0 amide bonds. The van der Waals surface area contributed by atoms with Gasteiger partial charge in [-0.05, 0) is 0 Å². The van der Waals surface area contributed by atoms with E-state index >= 15 is 0 Å². The normalized spacial score (nSPS) is 7.33. The SMILES string of the molecule is CCCC[O][Sn+3].CCCC[O][Sn+3].[O-2].[O-2].[O-2]. The Hall–Kier alpha value is 1.40. The fraction of sp³-hybridized carbons (Fsp3) is 1.00. The van der Waals surface area contributed by atoms with Gasteiger partial charge in [0.1, 0.15) is 0 Å². The molecular weight excluding hydrogens is 414 g/mol. The van der Waals surface area contributed by atoms with Gasteiger partial charge in [-0.2, -0.15) is 0 Å². The molecule has 0 aromatic rings. The van der Waals surface area contributed by atoms with E-state index in [4.69, 9.17) is 6.15 Å². The van der Waals surface area contributed by atoms with Crippen molar-refractivity contribution in [2.45, 2.75) is 39.5 Å². The topological polar surface area (TPSA) is 104 Å². The Balaban J connectivity index is -0.0000000370. The Kier molecular flexibility index (Phi) is 72.1. The van der Waals surface area contributed by atoms with Crippen LogP contribution in [0, 0.1) is 0 Å². The Morgan fingerprint density at radius 1 is 0.733 bits per heavy atom. The molecule has 0 saturated heterocycles. The quantitative estimate of drug-likeness (QED) is 0.469. The summed E-state index contributed by atoms with van der Waals surface area (Å²) < 4.78 is 9.74. The Morgan fingerprint density at radius 3 is 1.07 bits per heavy atom. The molecular formula is C8H18O5Sn2. The molecule has 0 unspecified atom stereocenters. The molecule has 0 atom stereocenters. The first-order chi connectivity index (χ1) is 5.83. The van der Waals surface area contributed by atoms with Crippen LogP contribution >= 0.6 is 0 Å². The van der Waals surface area contributed by atoms with E-state index in [9.17, 15) is 0 Å². The van der Waals surface area contributed by atoms with Crippen LogP contribution in [-0.4, -0.2) is 59.1 Å². The maximum absolute atomic E-state index is 4.87. The van der Waals surface area contributed by atoms with Gasteiger partial charge < -0.3 is 16.4 Å². The van der Waals surface area contributed by atoms with E-state index in [1.54, 1.807) is 0 Å². The maximum Gasteiger partial charge on any atom is -2.00 e. The van der Waals surface area contributed by atoms with Crippen molar-refractivity contribution in [2.75, 3.05) is 13.2 Å². The molecule has 0 heterocycles. The third kappa shape index (κ3) is 50.5. The maximum atomic E-state index is 4.87. The summed E-state index contributed by atoms with van der Waals surface area (Å²) in [6.07, 6.45) is 4.92. The summed E-state index contributed by atoms with van der Waals surface area (Å²) in [5, 5.41) is 0. The van der Waals surface area contributed by atoms with Crippen LogP contribution in [0.4, 0.5) is 0 Å². The molecule has 0 radical (unpaired) electrons. The average molecular weight is 432 g/mol. The largest absolute Gasteiger partial charge is 2.00 e. The van der Waals surface area contributed by atoms with Gasteiger partial charge >= 0.3 is 105 Å². The van der Waals surface area contributed by atoms with E-state index in [1.807, 2.05) is 0 Å². The second-order valence-corrected chi connectivity index (χ2v) is 4.05. The van der Waals surface area contributed by atoms with Crippen molar-refractivity contribution >= 4 is 45.9 Å². The summed E-state index contributed by atoms with van der Waals surface area (Å²) in [6, 6.07) is 0. The third-order valence-electron chi connectivity index (χ3n) is 1.20. The predicted molar refractivity (Wildman–Crippen MR) is 55.3 cm³/mol. The Morgan fingerprint density at radius 2 is 1.00 bits per heavy atom. The fourth-order valence-electron chi connectivity index (χ4n) is 0.433. The van der Waals surface area contributed by atoms with Crippen LogP contribution < -0.4 is 0 Å². The van der Waals surface area contributed by atoms with E-state index in [0.717, 1.165) is 13.2 Å². The first-order valence-corrected chi connectivity index (χ1v) is 6.73. The number of hydrogen-bond acceptors (Lipinski definition) is 2. The van der Waals surface area contributed by atoms with E-state index in [-0.39, 0.29) is 16.4 Å². The summed E-state index contributed by atoms with van der Waals surface area (Å²) in [7, 11) is 0. The molecule has 0 spiro atoms. The van der Waals surface area contributed by atoms with E-state index < -0.39 is 0 Å². The molecule has 0 N–H and O–H groups in total. The van der Waals surface area contributed by atoms with Crippen molar-refractivity contribution in [3.05, 3.63) is 0 Å². The van der Waals surface area contributed by atoms with E-state index in [1.165, 1.54) is 71.6 Å². The van der Waals surface area contributed by atoms with Gasteiger partial charge in [-0.15, -0.1) is 0 Å². The molecule has 0 rings (SSSR count). The van der Waals surface area contributed by atoms with Crippen LogP contribution in [0.25, 0.3) is 0 Å². The zero-order valence-corrected chi connectivity index (χ0v) is 15.0. The van der Waals surface area contributed by atoms with Crippen LogP contribution in [0.2, 0.25) is 0 Å². The molecule has 0 aliphatic rings. The van der Waals surface area contributed by atoms with Gasteiger partial charge in [0.2, 0.25) is 0 Å². The van der Waals surface area contributed by atoms with Crippen LogP contribution in [-0.2, 0) is 22.6 Å². The van der Waals surface area contributed by atoms with Gasteiger partial charge in [0.15, 0.2) is 0 Å². The molecule has 0 fully saturated rings. The van der Waals surface area contributed by atoms with Gasteiger partial charge in [0, 0.05) is 0 Å². The van der Waals surface area contributed by atoms with Gasteiger partial charge in [0.25, 0.3) is 0 Å². The molecule has 5 nitrogen and oxygen atoms in total. The summed E-state index contributed by atoms with van der Waals surface area (Å²) in [5.41, 5.74) is 0. The first-order valence-electron chi connectivity index (χ1n) is 4.40.